The number of hydrogen-bond donors (Lipinski definition) is 0. The molecule has 0 fully saturated rings. The topological polar surface area (TPSA) is 126 Å². The SMILES string of the molecule is O=P([O-])([O-])Cl.O=P([O-])([O-])Cl.[Sn+4]. The molecule has 0 aliphatic heterocycles. The first kappa shape index (κ1) is 18.5. The van der Waals surface area contributed by atoms with E-state index in [1.165, 1.54) is 0 Å². The summed E-state index contributed by atoms with van der Waals surface area (Å²) < 4.78 is 17.7. The average Bonchev–Trinajstić information content (AvgIpc) is 1.12. The van der Waals surface area contributed by atoms with Crippen molar-refractivity contribution in [1.29, 1.82) is 0 Å². The summed E-state index contributed by atoms with van der Waals surface area (Å²) in [7, 11) is 0. The van der Waals surface area contributed by atoms with Crippen LogP contribution in [0.2, 0.25) is 0 Å². The molecular formula is Cl2O6P2Sn. The Morgan fingerprint density at radius 2 is 0.818 bits per heavy atom. The van der Waals surface area contributed by atoms with Crippen LogP contribution in [0.4, 0.5) is 0 Å². The van der Waals surface area contributed by atoms with E-state index >= 15 is 0 Å². The molecule has 0 unspecified atom stereocenters. The Morgan fingerprint density at radius 1 is 0.818 bits per heavy atom. The number of halogens is 2. The van der Waals surface area contributed by atoms with Crippen molar-refractivity contribution < 1.29 is 28.7 Å². The van der Waals surface area contributed by atoms with Crippen LogP contribution in [0.5, 0.6) is 0 Å². The molecule has 0 atom stereocenters. The number of hydrogen-bond acceptors (Lipinski definition) is 6. The predicted molar refractivity (Wildman–Crippen MR) is 32.7 cm³/mol. The summed E-state index contributed by atoms with van der Waals surface area (Å²) in [6, 6.07) is 0. The van der Waals surface area contributed by atoms with Gasteiger partial charge < -0.3 is 28.7 Å². The molecule has 0 aromatic rings. The van der Waals surface area contributed by atoms with E-state index in [2.05, 4.69) is 22.5 Å². The van der Waals surface area contributed by atoms with Crippen molar-refractivity contribution in [3.05, 3.63) is 0 Å². The Balaban J connectivity index is -0.000000107. The van der Waals surface area contributed by atoms with Crippen molar-refractivity contribution in [2.75, 3.05) is 0 Å². The summed E-state index contributed by atoms with van der Waals surface area (Å²) in [4.78, 5) is 35.5. The van der Waals surface area contributed by atoms with Crippen LogP contribution in [-0.4, -0.2) is 23.9 Å². The third-order valence-corrected chi connectivity index (χ3v) is 0. The largest absolute Gasteiger partial charge is 4.00 e. The molecule has 0 rings (SSSR count). The van der Waals surface area contributed by atoms with Gasteiger partial charge in [0, 0.05) is 13.9 Å². The third-order valence-electron chi connectivity index (χ3n) is 0. The molecule has 0 amide bonds. The standard InChI is InChI=1S/2ClH2O3P.Sn/c2*1-5(2,3)4;/h2*(H2,2,3,4);/q;;+4/p-4. The fourth-order valence-electron chi connectivity index (χ4n) is 0. The molecule has 0 aliphatic rings. The Bertz CT molecular complexity index is 131. The Kier molecular flexibility index (Phi) is 11.9. The zero-order chi connectivity index (χ0) is 9.00. The van der Waals surface area contributed by atoms with Crippen LogP contribution in [0.1, 0.15) is 0 Å². The van der Waals surface area contributed by atoms with Gasteiger partial charge in [-0.3, -0.25) is 0 Å². The first-order valence-corrected chi connectivity index (χ1v) is 6.33. The van der Waals surface area contributed by atoms with Crippen LogP contribution in [-0.2, 0) is 9.13 Å². The molecule has 6 nitrogen and oxygen atoms in total. The molecule has 0 N–H and O–H groups in total. The van der Waals surface area contributed by atoms with Gasteiger partial charge in [-0.15, -0.1) is 0 Å². The Labute approximate surface area is 88.8 Å². The first-order valence-electron chi connectivity index (χ1n) is 1.43. The molecule has 0 saturated carbocycles. The van der Waals surface area contributed by atoms with E-state index in [9.17, 15) is 0 Å². The molecule has 0 radical (unpaired) electrons. The van der Waals surface area contributed by atoms with Gasteiger partial charge in [-0.2, -0.15) is 0 Å². The minimum Gasteiger partial charge on any atom is -0.799 e. The van der Waals surface area contributed by atoms with Crippen molar-refractivity contribution in [3.8, 4) is 0 Å². The van der Waals surface area contributed by atoms with E-state index in [1.807, 2.05) is 0 Å². The third kappa shape index (κ3) is 388. The molecule has 0 heterocycles. The Morgan fingerprint density at radius 3 is 0.818 bits per heavy atom. The summed E-state index contributed by atoms with van der Waals surface area (Å²) in [5.74, 6) is 0. The fourth-order valence-corrected chi connectivity index (χ4v) is 0. The van der Waals surface area contributed by atoms with Gasteiger partial charge in [-0.1, -0.05) is 22.5 Å². The maximum absolute atomic E-state index is 8.87. The molecular weight excluding hydrogens is 348 g/mol. The van der Waals surface area contributed by atoms with Crippen LogP contribution < -0.4 is 19.6 Å². The second-order valence-corrected chi connectivity index (χ2v) is 5.07. The summed E-state index contributed by atoms with van der Waals surface area (Å²) in [6.45, 7) is -9.33. The monoisotopic (exact) mass is 348 g/mol. The molecule has 0 aliphatic carbocycles. The van der Waals surface area contributed by atoms with E-state index in [-0.39, 0.29) is 23.9 Å². The zero-order valence-corrected chi connectivity index (χ0v) is 10.8. The quantitative estimate of drug-likeness (QED) is 0.359. The fraction of sp³-hybridized carbons (Fsp3) is 0. The van der Waals surface area contributed by atoms with Gasteiger partial charge in [0.05, 0.1) is 0 Å². The molecule has 0 aromatic carbocycles. The van der Waals surface area contributed by atoms with E-state index in [4.69, 9.17) is 28.7 Å². The van der Waals surface area contributed by atoms with Crippen molar-refractivity contribution in [2.45, 2.75) is 0 Å². The summed E-state index contributed by atoms with van der Waals surface area (Å²) in [6.07, 6.45) is 0. The van der Waals surface area contributed by atoms with E-state index in [0.717, 1.165) is 0 Å². The van der Waals surface area contributed by atoms with Crippen LogP contribution in [0.15, 0.2) is 0 Å². The average molecular weight is 348 g/mol. The van der Waals surface area contributed by atoms with Gasteiger partial charge in [0.2, 0.25) is 0 Å². The van der Waals surface area contributed by atoms with Crippen molar-refractivity contribution in [3.63, 3.8) is 0 Å². The molecule has 0 aromatic heterocycles. The second kappa shape index (κ2) is 7.12. The molecule has 0 saturated heterocycles. The first-order chi connectivity index (χ1) is 4.00. The van der Waals surface area contributed by atoms with Crippen molar-refractivity contribution in [1.82, 2.24) is 0 Å². The van der Waals surface area contributed by atoms with Crippen molar-refractivity contribution >= 4 is 60.3 Å². The summed E-state index contributed by atoms with van der Waals surface area (Å²) in [5.41, 5.74) is 0. The van der Waals surface area contributed by atoms with Crippen LogP contribution >= 0.6 is 36.4 Å². The predicted octanol–water partition coefficient (Wildman–Crippen LogP) is -2.27. The van der Waals surface area contributed by atoms with Gasteiger partial charge >= 0.3 is 23.9 Å². The summed E-state index contributed by atoms with van der Waals surface area (Å²) in [5, 5.41) is 0. The minimum absolute atomic E-state index is 0. The van der Waals surface area contributed by atoms with Gasteiger partial charge in [-0.25, -0.2) is 0 Å². The zero-order valence-electron chi connectivity index (χ0n) is 4.60. The smallest absolute Gasteiger partial charge is 0.799 e. The number of rotatable bonds is 0. The van der Waals surface area contributed by atoms with Gasteiger partial charge in [0.15, 0.2) is 0 Å². The van der Waals surface area contributed by atoms with Crippen LogP contribution in [0, 0.1) is 0 Å². The maximum Gasteiger partial charge on any atom is 4.00 e. The van der Waals surface area contributed by atoms with E-state index in [0.29, 0.717) is 0 Å². The molecule has 64 valence electrons. The molecule has 0 spiro atoms. The van der Waals surface area contributed by atoms with E-state index in [1.54, 1.807) is 0 Å². The molecule has 0 bridgehead atoms. The molecule has 11 heavy (non-hydrogen) atoms. The van der Waals surface area contributed by atoms with E-state index < -0.39 is 13.9 Å². The Hall–Kier alpha value is 1.68. The second-order valence-electron chi connectivity index (χ2n) is 0.861. The van der Waals surface area contributed by atoms with Gasteiger partial charge in [-0.05, 0) is 0 Å². The molecule has 11 heteroatoms. The maximum atomic E-state index is 8.87. The van der Waals surface area contributed by atoms with Gasteiger partial charge in [0.25, 0.3) is 0 Å². The van der Waals surface area contributed by atoms with Gasteiger partial charge in [0.1, 0.15) is 0 Å². The van der Waals surface area contributed by atoms with Crippen LogP contribution in [0.3, 0.4) is 0 Å². The van der Waals surface area contributed by atoms with Crippen LogP contribution in [0.25, 0.3) is 0 Å². The summed E-state index contributed by atoms with van der Waals surface area (Å²) >= 11 is 7.95. The minimum atomic E-state index is -4.67. The normalized spacial score (nSPS) is 10.7. The van der Waals surface area contributed by atoms with Crippen molar-refractivity contribution in [2.24, 2.45) is 0 Å².